The summed E-state index contributed by atoms with van der Waals surface area (Å²) in [5, 5.41) is 0. The van der Waals surface area contributed by atoms with Gasteiger partial charge in [-0.05, 0) is 16.7 Å². The smallest absolute Gasteiger partial charge is 0.0909 e. The van der Waals surface area contributed by atoms with Gasteiger partial charge in [0.2, 0.25) is 0 Å². The molecule has 0 amide bonds. The molecule has 0 aromatic heterocycles. The molecule has 1 saturated carbocycles. The van der Waals surface area contributed by atoms with Gasteiger partial charge in [-0.25, -0.2) is 0 Å². The summed E-state index contributed by atoms with van der Waals surface area (Å²) in [4.78, 5) is 0. The Kier molecular flexibility index (Phi) is 1.36. The normalized spacial score (nSPS) is 30.3. The highest BCUT2D eigenvalue weighted by Crippen LogP contribution is 2.69. The van der Waals surface area contributed by atoms with Crippen LogP contribution in [0.25, 0.3) is 0 Å². The molecule has 52 valence electrons. The predicted octanol–water partition coefficient (Wildman–Crippen LogP) is 2.95. The Morgan fingerprint density at radius 1 is 1.11 bits per heavy atom. The van der Waals surface area contributed by atoms with E-state index in [4.69, 9.17) is 11.6 Å². The number of halogens is 1. The summed E-state index contributed by atoms with van der Waals surface area (Å²) in [5.41, 5.74) is 0.740. The first kappa shape index (κ1) is 7.40. The molecular weight excluding hydrogens is 132 g/mol. The molecule has 0 nitrogen and oxygen atoms in total. The molecule has 0 heterocycles. The molecule has 2 radical (unpaired) electrons. The summed E-state index contributed by atoms with van der Waals surface area (Å²) in [6.07, 6.45) is 0. The Bertz CT molecular complexity index is 111. The van der Waals surface area contributed by atoms with E-state index in [1.54, 1.807) is 0 Å². The highest BCUT2D eigenvalue weighted by molar-refractivity contribution is 6.23. The van der Waals surface area contributed by atoms with Crippen LogP contribution < -0.4 is 0 Å². The van der Waals surface area contributed by atoms with Crippen LogP contribution in [0.5, 0.6) is 0 Å². The van der Waals surface area contributed by atoms with E-state index in [1.807, 2.05) is 0 Å². The molecule has 9 heavy (non-hydrogen) atoms. The molecule has 0 saturated heterocycles. The van der Waals surface area contributed by atoms with Crippen molar-refractivity contribution in [1.82, 2.24) is 0 Å². The van der Waals surface area contributed by atoms with Crippen LogP contribution >= 0.6 is 11.6 Å². The number of rotatable bonds is 1. The lowest BCUT2D eigenvalue weighted by atomic mass is 10.0. The average molecular weight is 145 g/mol. The van der Waals surface area contributed by atoms with Crippen LogP contribution in [0, 0.1) is 22.6 Å². The van der Waals surface area contributed by atoms with Gasteiger partial charge >= 0.3 is 0 Å². The van der Waals surface area contributed by atoms with E-state index in [0.29, 0.717) is 16.7 Å². The van der Waals surface area contributed by atoms with Gasteiger partial charge in [0.25, 0.3) is 0 Å². The van der Waals surface area contributed by atoms with Crippen LogP contribution in [-0.4, -0.2) is 0 Å². The largest absolute Gasteiger partial charge is 0.115 e. The van der Waals surface area contributed by atoms with Crippen LogP contribution in [0.2, 0.25) is 0 Å². The van der Waals surface area contributed by atoms with Crippen LogP contribution in [-0.2, 0) is 0 Å². The van der Waals surface area contributed by atoms with Crippen molar-refractivity contribution in [2.24, 2.45) is 16.7 Å². The lowest BCUT2D eigenvalue weighted by Gasteiger charge is -2.04. The second-order valence-corrected chi connectivity index (χ2v) is 4.20. The molecule has 1 aliphatic rings. The Labute approximate surface area is 62.6 Å². The topological polar surface area (TPSA) is 0 Å². The van der Waals surface area contributed by atoms with Crippen LogP contribution in [0.3, 0.4) is 0 Å². The molecule has 0 bridgehead atoms. The minimum atomic E-state index is 0.370. The number of hydrogen-bond acceptors (Lipinski definition) is 0. The van der Waals surface area contributed by atoms with Crippen molar-refractivity contribution < 1.29 is 0 Å². The third-order valence-electron chi connectivity index (χ3n) is 3.13. The fraction of sp³-hybridized carbons (Fsp3) is 0.875. The molecule has 1 rings (SSSR count). The zero-order valence-corrected chi connectivity index (χ0v) is 7.21. The standard InChI is InChI=1S/C8H13Cl/c1-7(2)6(5-9)8(7,3)4/h6H,1-4H3. The molecule has 1 heteroatoms. The molecule has 1 aliphatic carbocycles. The Morgan fingerprint density at radius 2 is 1.44 bits per heavy atom. The molecule has 0 N–H and O–H groups in total. The van der Waals surface area contributed by atoms with E-state index in [1.165, 1.54) is 0 Å². The maximum absolute atomic E-state index is 5.52. The summed E-state index contributed by atoms with van der Waals surface area (Å²) in [7, 11) is 0. The highest BCUT2D eigenvalue weighted by atomic mass is 35.5. The SMILES string of the molecule is CC1(C)C([C]Cl)C1(C)C. The maximum Gasteiger partial charge on any atom is 0.0909 e. The summed E-state index contributed by atoms with van der Waals surface area (Å²) in [6.45, 7) is 8.92. The predicted molar refractivity (Wildman–Crippen MR) is 40.1 cm³/mol. The fourth-order valence-corrected chi connectivity index (χ4v) is 2.01. The first-order valence-corrected chi connectivity index (χ1v) is 3.68. The van der Waals surface area contributed by atoms with Crippen molar-refractivity contribution in [3.8, 4) is 0 Å². The van der Waals surface area contributed by atoms with Crippen molar-refractivity contribution in [3.63, 3.8) is 0 Å². The van der Waals surface area contributed by atoms with Crippen molar-refractivity contribution >= 4 is 11.6 Å². The molecule has 0 unspecified atom stereocenters. The van der Waals surface area contributed by atoms with E-state index < -0.39 is 0 Å². The first-order chi connectivity index (χ1) is 3.94. The Balaban J connectivity index is 2.66. The van der Waals surface area contributed by atoms with Gasteiger partial charge in [-0.2, -0.15) is 0 Å². The van der Waals surface area contributed by atoms with Gasteiger partial charge in [-0.15, -0.1) is 11.6 Å². The van der Waals surface area contributed by atoms with Crippen molar-refractivity contribution in [3.05, 3.63) is 5.88 Å². The Hall–Kier alpha value is 0.290. The van der Waals surface area contributed by atoms with Gasteiger partial charge < -0.3 is 0 Å². The molecule has 0 aromatic carbocycles. The van der Waals surface area contributed by atoms with Gasteiger partial charge in [0.1, 0.15) is 0 Å². The summed E-state index contributed by atoms with van der Waals surface area (Å²) >= 11 is 5.52. The van der Waals surface area contributed by atoms with E-state index in [9.17, 15) is 0 Å². The van der Waals surface area contributed by atoms with E-state index >= 15 is 0 Å². The van der Waals surface area contributed by atoms with Gasteiger partial charge in [0, 0.05) is 0 Å². The minimum absolute atomic E-state index is 0.370. The summed E-state index contributed by atoms with van der Waals surface area (Å²) in [5.74, 6) is 3.27. The fourth-order valence-electron chi connectivity index (χ4n) is 1.47. The molecule has 0 spiro atoms. The van der Waals surface area contributed by atoms with E-state index in [-0.39, 0.29) is 0 Å². The number of hydrogen-bond donors (Lipinski definition) is 0. The highest BCUT2D eigenvalue weighted by Gasteiger charge is 2.64. The lowest BCUT2D eigenvalue weighted by Crippen LogP contribution is -1.95. The van der Waals surface area contributed by atoms with Crippen molar-refractivity contribution in [1.29, 1.82) is 0 Å². The molecule has 0 atom stereocenters. The summed E-state index contributed by atoms with van der Waals surface area (Å²) in [6, 6.07) is 0. The van der Waals surface area contributed by atoms with E-state index in [0.717, 1.165) is 0 Å². The minimum Gasteiger partial charge on any atom is -0.115 e. The monoisotopic (exact) mass is 144 g/mol. The molecule has 0 aliphatic heterocycles. The third-order valence-corrected chi connectivity index (χ3v) is 3.35. The average Bonchev–Trinajstić information content (AvgIpc) is 2.00. The molecular formula is C8H13Cl. The zero-order valence-electron chi connectivity index (χ0n) is 6.46. The van der Waals surface area contributed by atoms with Crippen LogP contribution in [0.1, 0.15) is 27.7 Å². The zero-order chi connectivity index (χ0) is 7.28. The van der Waals surface area contributed by atoms with Crippen molar-refractivity contribution in [2.45, 2.75) is 27.7 Å². The second kappa shape index (κ2) is 1.66. The molecule has 0 aromatic rings. The van der Waals surface area contributed by atoms with Gasteiger partial charge in [0.05, 0.1) is 5.88 Å². The quantitative estimate of drug-likeness (QED) is 0.531. The van der Waals surface area contributed by atoms with Gasteiger partial charge in [-0.1, -0.05) is 27.7 Å². The second-order valence-electron chi connectivity index (χ2n) is 3.99. The lowest BCUT2D eigenvalue weighted by molar-refractivity contribution is 0.457. The van der Waals surface area contributed by atoms with Crippen LogP contribution in [0.15, 0.2) is 0 Å². The summed E-state index contributed by atoms with van der Waals surface area (Å²) < 4.78 is 0. The Morgan fingerprint density at radius 3 is 1.44 bits per heavy atom. The van der Waals surface area contributed by atoms with Gasteiger partial charge in [-0.3, -0.25) is 0 Å². The molecule has 1 fully saturated rings. The third kappa shape index (κ3) is 0.724. The van der Waals surface area contributed by atoms with Gasteiger partial charge in [0.15, 0.2) is 0 Å². The van der Waals surface area contributed by atoms with Crippen LogP contribution in [0.4, 0.5) is 0 Å². The van der Waals surface area contributed by atoms with E-state index in [2.05, 4.69) is 33.6 Å². The van der Waals surface area contributed by atoms with Crippen molar-refractivity contribution in [2.75, 3.05) is 0 Å². The first-order valence-electron chi connectivity index (χ1n) is 3.31. The maximum atomic E-state index is 5.52.